The number of halogens is 1. The highest BCUT2D eigenvalue weighted by atomic mass is 35.5. The fourth-order valence-electron chi connectivity index (χ4n) is 1.88. The van der Waals surface area contributed by atoms with E-state index in [0.717, 1.165) is 11.3 Å². The minimum absolute atomic E-state index is 0.160. The average Bonchev–Trinajstić information content (AvgIpc) is 2.33. The van der Waals surface area contributed by atoms with Gasteiger partial charge in [0.1, 0.15) is 5.69 Å². The summed E-state index contributed by atoms with van der Waals surface area (Å²) in [4.78, 5) is 22.7. The molecule has 0 saturated carbocycles. The number of aromatic nitrogens is 2. The molecule has 0 saturated heterocycles. The Kier molecular flexibility index (Phi) is 3.81. The normalized spacial score (nSPS) is 10.5. The van der Waals surface area contributed by atoms with Crippen LogP contribution < -0.4 is 5.43 Å². The number of hydrogen-bond acceptors (Lipinski definition) is 3. The smallest absolute Gasteiger partial charge is 0.227 e. The van der Waals surface area contributed by atoms with E-state index in [1.54, 1.807) is 11.6 Å². The molecule has 0 aliphatic carbocycles. The van der Waals surface area contributed by atoms with Gasteiger partial charge >= 0.3 is 0 Å². The van der Waals surface area contributed by atoms with E-state index in [-0.39, 0.29) is 17.5 Å². The molecule has 0 atom stereocenters. The number of carbonyl (C=O) groups excluding carboxylic acids is 1. The summed E-state index contributed by atoms with van der Waals surface area (Å²) in [5.74, 6) is 0. The molecule has 1 aromatic heterocycles. The van der Waals surface area contributed by atoms with E-state index < -0.39 is 5.24 Å². The van der Waals surface area contributed by atoms with Crippen LogP contribution in [0.1, 0.15) is 17.0 Å². The third kappa shape index (κ3) is 2.90. The van der Waals surface area contributed by atoms with Crippen LogP contribution in [0.15, 0.2) is 35.1 Å². The number of aryl methyl sites for hydroxylation is 2. The molecule has 0 aliphatic heterocycles. The van der Waals surface area contributed by atoms with Gasteiger partial charge in [-0.3, -0.25) is 9.59 Å². The van der Waals surface area contributed by atoms with Gasteiger partial charge in [0.2, 0.25) is 10.7 Å². The standard InChI is InChI=1S/C14H13ClN2O2/c1-9-5-3-4-6-12(9)17-10(2)7-13(18)11(16-17)8-14(15)19/h3-7H,8H2,1-2H3. The van der Waals surface area contributed by atoms with Crippen LogP contribution >= 0.6 is 11.6 Å². The first-order valence-corrected chi connectivity index (χ1v) is 6.21. The van der Waals surface area contributed by atoms with Gasteiger partial charge in [-0.25, -0.2) is 4.68 Å². The maximum Gasteiger partial charge on any atom is 0.227 e. The maximum absolute atomic E-state index is 11.8. The van der Waals surface area contributed by atoms with E-state index >= 15 is 0 Å². The summed E-state index contributed by atoms with van der Waals surface area (Å²) < 4.78 is 1.66. The maximum atomic E-state index is 11.8. The molecule has 1 heterocycles. The van der Waals surface area contributed by atoms with Gasteiger partial charge in [-0.05, 0) is 37.1 Å². The summed E-state index contributed by atoms with van der Waals surface area (Å²) >= 11 is 5.33. The highest BCUT2D eigenvalue weighted by Crippen LogP contribution is 2.13. The van der Waals surface area contributed by atoms with Crippen molar-refractivity contribution in [2.75, 3.05) is 0 Å². The number of rotatable bonds is 3. The molecular formula is C14H13ClN2O2. The first-order valence-electron chi connectivity index (χ1n) is 5.83. The number of hydrogen-bond donors (Lipinski definition) is 0. The van der Waals surface area contributed by atoms with Crippen molar-refractivity contribution in [3.05, 3.63) is 57.5 Å². The van der Waals surface area contributed by atoms with Crippen LogP contribution in [-0.2, 0) is 11.2 Å². The van der Waals surface area contributed by atoms with Crippen molar-refractivity contribution in [3.8, 4) is 5.69 Å². The van der Waals surface area contributed by atoms with Gasteiger partial charge in [0.25, 0.3) is 0 Å². The zero-order chi connectivity index (χ0) is 14.0. The summed E-state index contributed by atoms with van der Waals surface area (Å²) in [6.45, 7) is 3.76. The van der Waals surface area contributed by atoms with Crippen LogP contribution in [0.3, 0.4) is 0 Å². The molecule has 0 N–H and O–H groups in total. The number of nitrogens with zero attached hydrogens (tertiary/aromatic N) is 2. The molecule has 0 bridgehead atoms. The monoisotopic (exact) mass is 276 g/mol. The number of benzene rings is 1. The van der Waals surface area contributed by atoms with Crippen LogP contribution in [0.2, 0.25) is 0 Å². The Bertz CT molecular complexity index is 692. The predicted octanol–water partition coefficient (Wildman–Crippen LogP) is 2.16. The van der Waals surface area contributed by atoms with Crippen molar-refractivity contribution in [2.45, 2.75) is 20.3 Å². The first kappa shape index (κ1) is 13.5. The third-order valence-electron chi connectivity index (χ3n) is 2.83. The van der Waals surface area contributed by atoms with Crippen LogP contribution in [0, 0.1) is 13.8 Å². The Balaban J connectivity index is 2.61. The van der Waals surface area contributed by atoms with E-state index in [9.17, 15) is 9.59 Å². The van der Waals surface area contributed by atoms with Crippen LogP contribution in [0.5, 0.6) is 0 Å². The Hall–Kier alpha value is -1.94. The van der Waals surface area contributed by atoms with Crippen LogP contribution in [0.25, 0.3) is 5.69 Å². The molecule has 19 heavy (non-hydrogen) atoms. The van der Waals surface area contributed by atoms with Crippen molar-refractivity contribution < 1.29 is 4.79 Å². The molecule has 5 heteroatoms. The molecule has 0 unspecified atom stereocenters. The molecule has 0 amide bonds. The first-order chi connectivity index (χ1) is 8.99. The zero-order valence-corrected chi connectivity index (χ0v) is 11.4. The fourth-order valence-corrected chi connectivity index (χ4v) is 2.01. The lowest BCUT2D eigenvalue weighted by Gasteiger charge is -2.12. The van der Waals surface area contributed by atoms with Crippen molar-refractivity contribution >= 4 is 16.8 Å². The lowest BCUT2D eigenvalue weighted by molar-refractivity contribution is -0.111. The Morgan fingerprint density at radius 2 is 2.00 bits per heavy atom. The Morgan fingerprint density at radius 1 is 1.32 bits per heavy atom. The van der Waals surface area contributed by atoms with Gasteiger partial charge in [-0.2, -0.15) is 5.10 Å². The molecule has 0 fully saturated rings. The van der Waals surface area contributed by atoms with Crippen LogP contribution in [-0.4, -0.2) is 15.0 Å². The zero-order valence-electron chi connectivity index (χ0n) is 10.7. The summed E-state index contributed by atoms with van der Waals surface area (Å²) in [6, 6.07) is 9.16. The van der Waals surface area contributed by atoms with Gasteiger partial charge in [0.05, 0.1) is 12.1 Å². The second kappa shape index (κ2) is 5.36. The molecule has 98 valence electrons. The van der Waals surface area contributed by atoms with E-state index in [1.807, 2.05) is 31.2 Å². The molecule has 0 spiro atoms. The van der Waals surface area contributed by atoms with Crippen molar-refractivity contribution in [3.63, 3.8) is 0 Å². The molecule has 4 nitrogen and oxygen atoms in total. The lowest BCUT2D eigenvalue weighted by Crippen LogP contribution is -2.20. The summed E-state index contributed by atoms with van der Waals surface area (Å²) in [7, 11) is 0. The van der Waals surface area contributed by atoms with Gasteiger partial charge in [-0.15, -0.1) is 0 Å². The van der Waals surface area contributed by atoms with E-state index in [4.69, 9.17) is 11.6 Å². The molecule has 0 radical (unpaired) electrons. The summed E-state index contributed by atoms with van der Waals surface area (Å²) in [6.07, 6.45) is -0.160. The molecule has 2 aromatic rings. The van der Waals surface area contributed by atoms with Gasteiger partial charge in [0, 0.05) is 11.8 Å². The van der Waals surface area contributed by atoms with Crippen LogP contribution in [0.4, 0.5) is 0 Å². The van der Waals surface area contributed by atoms with Crippen molar-refractivity contribution in [1.82, 2.24) is 9.78 Å². The lowest BCUT2D eigenvalue weighted by atomic mass is 10.2. The van der Waals surface area contributed by atoms with Crippen molar-refractivity contribution in [2.24, 2.45) is 0 Å². The van der Waals surface area contributed by atoms with E-state index in [1.165, 1.54) is 6.07 Å². The second-order valence-corrected chi connectivity index (χ2v) is 4.75. The van der Waals surface area contributed by atoms with Crippen molar-refractivity contribution in [1.29, 1.82) is 0 Å². The minimum atomic E-state index is -0.593. The van der Waals surface area contributed by atoms with Gasteiger partial charge in [0.15, 0.2) is 0 Å². The second-order valence-electron chi connectivity index (χ2n) is 4.33. The largest absolute Gasteiger partial charge is 0.288 e. The Labute approximate surface area is 115 Å². The Morgan fingerprint density at radius 3 is 2.63 bits per heavy atom. The topological polar surface area (TPSA) is 52.0 Å². The van der Waals surface area contributed by atoms with Gasteiger partial charge < -0.3 is 0 Å². The van der Waals surface area contributed by atoms with E-state index in [2.05, 4.69) is 5.10 Å². The summed E-state index contributed by atoms with van der Waals surface area (Å²) in [5, 5.41) is 3.65. The molecular weight excluding hydrogens is 264 g/mol. The minimum Gasteiger partial charge on any atom is -0.288 e. The SMILES string of the molecule is Cc1ccccc1-n1nc(CC(=O)Cl)c(=O)cc1C. The quantitative estimate of drug-likeness (QED) is 0.807. The summed E-state index contributed by atoms with van der Waals surface area (Å²) in [5.41, 5.74) is 2.52. The molecule has 2 rings (SSSR count). The van der Waals surface area contributed by atoms with Gasteiger partial charge in [-0.1, -0.05) is 18.2 Å². The highest BCUT2D eigenvalue weighted by molar-refractivity contribution is 6.63. The van der Waals surface area contributed by atoms with E-state index in [0.29, 0.717) is 5.69 Å². The highest BCUT2D eigenvalue weighted by Gasteiger charge is 2.11. The number of para-hydroxylation sites is 1. The average molecular weight is 277 g/mol. The third-order valence-corrected chi connectivity index (χ3v) is 2.96. The molecule has 1 aromatic carbocycles. The fraction of sp³-hybridized carbons (Fsp3) is 0.214. The molecule has 0 aliphatic rings. The number of carbonyl (C=O) groups is 1. The predicted molar refractivity (Wildman–Crippen MR) is 73.9 cm³/mol.